The first-order chi connectivity index (χ1) is 11.0. The number of hydrogen-bond donors (Lipinski definition) is 2. The van der Waals surface area contributed by atoms with Crippen LogP contribution < -0.4 is 20.7 Å². The van der Waals surface area contributed by atoms with E-state index in [4.69, 9.17) is 22.1 Å². The number of nitrogens with zero attached hydrogens (tertiary/aromatic N) is 2. The second kappa shape index (κ2) is 9.58. The summed E-state index contributed by atoms with van der Waals surface area (Å²) in [5, 5.41) is 3.53. The summed E-state index contributed by atoms with van der Waals surface area (Å²) in [7, 11) is 5.59. The normalized spacial score (nSPS) is 10.8. The van der Waals surface area contributed by atoms with Gasteiger partial charge in [0.1, 0.15) is 5.75 Å². The number of aliphatic imine (C=N–C) groups is 1. The van der Waals surface area contributed by atoms with Crippen molar-refractivity contribution in [2.45, 2.75) is 6.54 Å². The molecule has 0 saturated carbocycles. The van der Waals surface area contributed by atoms with E-state index >= 15 is 0 Å². The van der Waals surface area contributed by atoms with Crippen LogP contribution in [-0.2, 0) is 6.54 Å². The Labute approximate surface area is 164 Å². The third kappa shape index (κ3) is 5.76. The van der Waals surface area contributed by atoms with Gasteiger partial charge in [0.15, 0.2) is 5.96 Å². The maximum Gasteiger partial charge on any atom is 0.193 e. The number of methoxy groups -OCH3 is 1. The van der Waals surface area contributed by atoms with Crippen molar-refractivity contribution >= 4 is 52.9 Å². The Morgan fingerprint density at radius 3 is 2.42 bits per heavy atom. The van der Waals surface area contributed by atoms with Gasteiger partial charge in [-0.25, -0.2) is 4.99 Å². The second-order valence-corrected chi connectivity index (χ2v) is 5.64. The highest BCUT2D eigenvalue weighted by Gasteiger charge is 2.02. The maximum atomic E-state index is 6.08. The number of anilines is 2. The van der Waals surface area contributed by atoms with Crippen LogP contribution in [0.4, 0.5) is 11.4 Å². The van der Waals surface area contributed by atoms with E-state index in [2.05, 4.69) is 27.3 Å². The second-order valence-electron chi connectivity index (χ2n) is 5.24. The SMILES string of the molecule is COc1ccc(NC(N)=NCc2ccc(N(C)C)cc2)cc1Cl.I. The fourth-order valence-electron chi connectivity index (χ4n) is 2.01. The van der Waals surface area contributed by atoms with Gasteiger partial charge in [-0.1, -0.05) is 23.7 Å². The summed E-state index contributed by atoms with van der Waals surface area (Å²) in [6.07, 6.45) is 0. The van der Waals surface area contributed by atoms with Crippen molar-refractivity contribution in [2.24, 2.45) is 10.7 Å². The van der Waals surface area contributed by atoms with Crippen molar-refractivity contribution in [1.29, 1.82) is 0 Å². The topological polar surface area (TPSA) is 62.9 Å². The van der Waals surface area contributed by atoms with Crippen molar-refractivity contribution < 1.29 is 4.74 Å². The molecule has 0 spiro atoms. The quantitative estimate of drug-likeness (QED) is 0.403. The molecule has 2 aromatic rings. The lowest BCUT2D eigenvalue weighted by atomic mass is 10.2. The molecule has 2 aromatic carbocycles. The lowest BCUT2D eigenvalue weighted by Gasteiger charge is -2.12. The van der Waals surface area contributed by atoms with Gasteiger partial charge in [-0.2, -0.15) is 0 Å². The van der Waals surface area contributed by atoms with Gasteiger partial charge in [-0.05, 0) is 35.9 Å². The Hall–Kier alpha value is -1.67. The molecule has 0 aliphatic heterocycles. The lowest BCUT2D eigenvalue weighted by molar-refractivity contribution is 0.415. The van der Waals surface area contributed by atoms with Gasteiger partial charge in [-0.3, -0.25) is 0 Å². The van der Waals surface area contributed by atoms with Gasteiger partial charge in [0.05, 0.1) is 18.7 Å². The molecular formula is C17H22ClIN4O. The first kappa shape index (κ1) is 20.4. The van der Waals surface area contributed by atoms with E-state index < -0.39 is 0 Å². The summed E-state index contributed by atoms with van der Waals surface area (Å²) in [5.74, 6) is 0.955. The van der Waals surface area contributed by atoms with Crippen LogP contribution in [0.15, 0.2) is 47.5 Å². The van der Waals surface area contributed by atoms with Crippen LogP contribution in [0.2, 0.25) is 5.02 Å². The third-order valence-corrected chi connectivity index (χ3v) is 3.60. The largest absolute Gasteiger partial charge is 0.495 e. The van der Waals surface area contributed by atoms with Crippen molar-refractivity contribution in [2.75, 3.05) is 31.4 Å². The fraction of sp³-hybridized carbons (Fsp3) is 0.235. The van der Waals surface area contributed by atoms with Crippen LogP contribution in [0.3, 0.4) is 0 Å². The van der Waals surface area contributed by atoms with E-state index in [-0.39, 0.29) is 24.0 Å². The highest BCUT2D eigenvalue weighted by atomic mass is 127. The summed E-state index contributed by atoms with van der Waals surface area (Å²) < 4.78 is 5.11. The predicted octanol–water partition coefficient (Wildman–Crippen LogP) is 3.96. The molecule has 0 fully saturated rings. The Kier molecular flexibility index (Phi) is 8.14. The Bertz CT molecular complexity index is 689. The van der Waals surface area contributed by atoms with Crippen LogP contribution in [-0.4, -0.2) is 27.2 Å². The Balaban J connectivity index is 0.00000288. The number of benzene rings is 2. The highest BCUT2D eigenvalue weighted by Crippen LogP contribution is 2.27. The summed E-state index contributed by atoms with van der Waals surface area (Å²) in [4.78, 5) is 6.38. The molecular weight excluding hydrogens is 439 g/mol. The van der Waals surface area contributed by atoms with Gasteiger partial charge in [0.2, 0.25) is 0 Å². The number of hydrogen-bond acceptors (Lipinski definition) is 3. The molecule has 0 amide bonds. The Morgan fingerprint density at radius 1 is 1.21 bits per heavy atom. The van der Waals surface area contributed by atoms with Gasteiger partial charge in [0, 0.05) is 25.5 Å². The number of nitrogens with one attached hydrogen (secondary N) is 1. The summed E-state index contributed by atoms with van der Waals surface area (Å²) in [6, 6.07) is 13.5. The monoisotopic (exact) mass is 460 g/mol. The molecule has 0 unspecified atom stereocenters. The van der Waals surface area contributed by atoms with Crippen molar-refractivity contribution in [3.63, 3.8) is 0 Å². The fourth-order valence-corrected chi connectivity index (χ4v) is 2.27. The number of halogens is 2. The molecule has 24 heavy (non-hydrogen) atoms. The molecule has 0 aromatic heterocycles. The first-order valence-electron chi connectivity index (χ1n) is 7.16. The molecule has 3 N–H and O–H groups in total. The average Bonchev–Trinajstić information content (AvgIpc) is 2.53. The maximum absolute atomic E-state index is 6.08. The Morgan fingerprint density at radius 2 is 1.88 bits per heavy atom. The van der Waals surface area contributed by atoms with E-state index in [0.717, 1.165) is 16.9 Å². The lowest BCUT2D eigenvalue weighted by Crippen LogP contribution is -2.22. The standard InChI is InChI=1S/C17H21ClN4O.HI/c1-22(2)14-7-4-12(5-8-14)11-20-17(19)21-13-6-9-16(23-3)15(18)10-13;/h4-10H,11H2,1-3H3,(H3,19,20,21);1H. The molecule has 7 heteroatoms. The number of ether oxygens (including phenoxy) is 1. The molecule has 2 rings (SSSR count). The molecule has 0 aliphatic carbocycles. The molecule has 0 atom stereocenters. The van der Waals surface area contributed by atoms with E-state index in [1.807, 2.05) is 32.3 Å². The molecule has 0 aliphatic rings. The van der Waals surface area contributed by atoms with Gasteiger partial charge in [0.25, 0.3) is 0 Å². The van der Waals surface area contributed by atoms with E-state index in [9.17, 15) is 0 Å². The van der Waals surface area contributed by atoms with E-state index in [1.165, 1.54) is 0 Å². The van der Waals surface area contributed by atoms with E-state index in [1.54, 1.807) is 19.2 Å². The predicted molar refractivity (Wildman–Crippen MR) is 113 cm³/mol. The first-order valence-corrected chi connectivity index (χ1v) is 7.54. The summed E-state index contributed by atoms with van der Waals surface area (Å²) >= 11 is 6.08. The zero-order valence-electron chi connectivity index (χ0n) is 13.9. The molecule has 5 nitrogen and oxygen atoms in total. The van der Waals surface area contributed by atoms with Crippen LogP contribution in [0.25, 0.3) is 0 Å². The van der Waals surface area contributed by atoms with Crippen LogP contribution in [0, 0.1) is 0 Å². The zero-order chi connectivity index (χ0) is 16.8. The summed E-state index contributed by atoms with van der Waals surface area (Å²) in [6.45, 7) is 0.510. The van der Waals surface area contributed by atoms with Crippen LogP contribution in [0.1, 0.15) is 5.56 Å². The third-order valence-electron chi connectivity index (χ3n) is 3.31. The zero-order valence-corrected chi connectivity index (χ0v) is 17.0. The van der Waals surface area contributed by atoms with Gasteiger partial charge in [-0.15, -0.1) is 24.0 Å². The molecule has 0 heterocycles. The van der Waals surface area contributed by atoms with Crippen molar-refractivity contribution in [3.8, 4) is 5.75 Å². The van der Waals surface area contributed by atoms with Crippen molar-refractivity contribution in [1.82, 2.24) is 0 Å². The minimum absolute atomic E-state index is 0. The van der Waals surface area contributed by atoms with Crippen LogP contribution >= 0.6 is 35.6 Å². The van der Waals surface area contributed by atoms with Gasteiger partial charge < -0.3 is 20.7 Å². The number of rotatable bonds is 5. The molecule has 0 bridgehead atoms. The smallest absolute Gasteiger partial charge is 0.193 e. The van der Waals surface area contributed by atoms with Crippen LogP contribution in [0.5, 0.6) is 5.75 Å². The number of nitrogens with two attached hydrogens (primary N) is 1. The minimum Gasteiger partial charge on any atom is -0.495 e. The van der Waals surface area contributed by atoms with E-state index in [0.29, 0.717) is 23.3 Å². The van der Waals surface area contributed by atoms with Crippen molar-refractivity contribution in [3.05, 3.63) is 53.1 Å². The minimum atomic E-state index is 0. The summed E-state index contributed by atoms with van der Waals surface area (Å²) in [5.41, 5.74) is 8.91. The molecule has 0 radical (unpaired) electrons. The highest BCUT2D eigenvalue weighted by molar-refractivity contribution is 14.0. The van der Waals surface area contributed by atoms with Gasteiger partial charge >= 0.3 is 0 Å². The average molecular weight is 461 g/mol. The number of guanidine groups is 1. The molecule has 0 saturated heterocycles. The molecule has 130 valence electrons.